The molecular weight excluding hydrogens is 251 g/mol. The molecule has 110 valence electrons. The number of halogens is 1. The van der Waals surface area contributed by atoms with Gasteiger partial charge in [-0.05, 0) is 56.7 Å². The van der Waals surface area contributed by atoms with Gasteiger partial charge in [0.15, 0.2) is 0 Å². The highest BCUT2D eigenvalue weighted by molar-refractivity contribution is 5.26. The van der Waals surface area contributed by atoms with Gasteiger partial charge in [0, 0.05) is 24.2 Å². The maximum Gasteiger partial charge on any atom is 0.126 e. The molecule has 0 aliphatic carbocycles. The predicted molar refractivity (Wildman–Crippen MR) is 80.0 cm³/mol. The minimum Gasteiger partial charge on any atom is -0.328 e. The van der Waals surface area contributed by atoms with Crippen molar-refractivity contribution in [3.63, 3.8) is 0 Å². The largest absolute Gasteiger partial charge is 0.328 e. The number of rotatable bonds is 2. The van der Waals surface area contributed by atoms with Crippen molar-refractivity contribution in [2.75, 3.05) is 0 Å². The fourth-order valence-corrected chi connectivity index (χ4v) is 4.13. The number of nitrogens with zero attached hydrogens (tertiary/aromatic N) is 1. The summed E-state index contributed by atoms with van der Waals surface area (Å²) in [6, 6.07) is 7.48. The van der Waals surface area contributed by atoms with Crippen LogP contribution >= 0.6 is 0 Å². The first-order valence-electron chi connectivity index (χ1n) is 7.85. The van der Waals surface area contributed by atoms with Gasteiger partial charge in [-0.2, -0.15) is 0 Å². The first-order chi connectivity index (χ1) is 9.56. The summed E-state index contributed by atoms with van der Waals surface area (Å²) in [7, 11) is 0. The van der Waals surface area contributed by atoms with Crippen LogP contribution in [0.3, 0.4) is 0 Å². The van der Waals surface area contributed by atoms with Crippen LogP contribution < -0.4 is 5.73 Å². The van der Waals surface area contributed by atoms with Crippen molar-refractivity contribution in [2.24, 2.45) is 5.73 Å². The lowest BCUT2D eigenvalue weighted by Gasteiger charge is -2.51. The molecule has 0 radical (unpaired) electrons. The molecule has 20 heavy (non-hydrogen) atoms. The van der Waals surface area contributed by atoms with Gasteiger partial charge in [-0.1, -0.05) is 18.6 Å². The lowest BCUT2D eigenvalue weighted by atomic mass is 9.80. The lowest BCUT2D eigenvalue weighted by Crippen LogP contribution is -2.55. The van der Waals surface area contributed by atoms with Crippen molar-refractivity contribution >= 4 is 0 Å². The van der Waals surface area contributed by atoms with Crippen molar-refractivity contribution in [3.8, 4) is 0 Å². The van der Waals surface area contributed by atoms with E-state index in [0.717, 1.165) is 24.0 Å². The molecule has 3 rings (SSSR count). The number of nitrogens with two attached hydrogens (primary N) is 1. The van der Waals surface area contributed by atoms with Crippen LogP contribution in [0.15, 0.2) is 18.2 Å². The van der Waals surface area contributed by atoms with Gasteiger partial charge in [0.05, 0.1) is 0 Å². The van der Waals surface area contributed by atoms with Crippen molar-refractivity contribution in [1.82, 2.24) is 4.90 Å². The average Bonchev–Trinajstić information content (AvgIpc) is 2.40. The van der Waals surface area contributed by atoms with Gasteiger partial charge in [0.1, 0.15) is 5.82 Å². The summed E-state index contributed by atoms with van der Waals surface area (Å²) in [5.41, 5.74) is 8.00. The second kappa shape index (κ2) is 5.45. The first-order valence-corrected chi connectivity index (χ1v) is 7.85. The number of hydrogen-bond acceptors (Lipinski definition) is 2. The Balaban J connectivity index is 1.85. The SMILES string of the molecule is Cc1ccc(C(C)N2C3CCCC2CC(N)C3)cc1F. The molecule has 1 aromatic rings. The Morgan fingerprint density at radius 3 is 2.50 bits per heavy atom. The normalized spacial score (nSPS) is 32.1. The quantitative estimate of drug-likeness (QED) is 0.895. The molecule has 2 aliphatic heterocycles. The van der Waals surface area contributed by atoms with E-state index in [1.165, 1.54) is 19.3 Å². The van der Waals surface area contributed by atoms with E-state index in [1.54, 1.807) is 6.07 Å². The van der Waals surface area contributed by atoms with Gasteiger partial charge in [0.25, 0.3) is 0 Å². The maximum atomic E-state index is 13.8. The molecule has 0 aromatic heterocycles. The molecule has 2 nitrogen and oxygen atoms in total. The number of benzene rings is 1. The second-order valence-electron chi connectivity index (χ2n) is 6.60. The Morgan fingerprint density at radius 1 is 1.25 bits per heavy atom. The molecule has 0 saturated carbocycles. The summed E-state index contributed by atoms with van der Waals surface area (Å²) >= 11 is 0. The van der Waals surface area contributed by atoms with E-state index in [-0.39, 0.29) is 11.9 Å². The predicted octanol–water partition coefficient (Wildman–Crippen LogP) is 3.54. The Hall–Kier alpha value is -0.930. The second-order valence-corrected chi connectivity index (χ2v) is 6.60. The lowest BCUT2D eigenvalue weighted by molar-refractivity contribution is -0.000597. The zero-order valence-corrected chi connectivity index (χ0v) is 12.5. The summed E-state index contributed by atoms with van der Waals surface area (Å²) in [4.78, 5) is 2.61. The van der Waals surface area contributed by atoms with Crippen LogP contribution in [0.4, 0.5) is 4.39 Å². The van der Waals surface area contributed by atoms with Gasteiger partial charge in [-0.3, -0.25) is 4.90 Å². The molecule has 3 heteroatoms. The van der Waals surface area contributed by atoms with Crippen LogP contribution in [-0.2, 0) is 0 Å². The van der Waals surface area contributed by atoms with E-state index in [1.807, 2.05) is 13.0 Å². The highest BCUT2D eigenvalue weighted by atomic mass is 19.1. The van der Waals surface area contributed by atoms with Crippen LogP contribution in [0.2, 0.25) is 0 Å². The summed E-state index contributed by atoms with van der Waals surface area (Å²) in [5.74, 6) is -0.0896. The highest BCUT2D eigenvalue weighted by Crippen LogP contribution is 2.39. The van der Waals surface area contributed by atoms with Gasteiger partial charge in [-0.25, -0.2) is 4.39 Å². The van der Waals surface area contributed by atoms with E-state index in [2.05, 4.69) is 17.9 Å². The molecule has 1 aromatic carbocycles. The van der Waals surface area contributed by atoms with Crippen LogP contribution in [-0.4, -0.2) is 23.0 Å². The van der Waals surface area contributed by atoms with E-state index in [9.17, 15) is 4.39 Å². The van der Waals surface area contributed by atoms with Crippen LogP contribution in [0.25, 0.3) is 0 Å². The minimum absolute atomic E-state index is 0.0896. The number of piperidine rings is 2. The molecule has 2 bridgehead atoms. The molecular formula is C17H25FN2. The third-order valence-corrected chi connectivity index (χ3v) is 5.19. The fourth-order valence-electron chi connectivity index (χ4n) is 4.13. The van der Waals surface area contributed by atoms with Crippen LogP contribution in [0.1, 0.15) is 56.2 Å². The molecule has 2 N–H and O–H groups in total. The Morgan fingerprint density at radius 2 is 1.90 bits per heavy atom. The summed E-state index contributed by atoms with van der Waals surface area (Å²) in [6.07, 6.45) is 5.98. The van der Waals surface area contributed by atoms with E-state index in [4.69, 9.17) is 5.73 Å². The third-order valence-electron chi connectivity index (χ3n) is 5.19. The number of aryl methyl sites for hydroxylation is 1. The smallest absolute Gasteiger partial charge is 0.126 e. The summed E-state index contributed by atoms with van der Waals surface area (Å²) in [6.45, 7) is 4.03. The Labute approximate surface area is 121 Å². The van der Waals surface area contributed by atoms with Gasteiger partial charge in [-0.15, -0.1) is 0 Å². The Bertz CT molecular complexity index is 474. The van der Waals surface area contributed by atoms with Gasteiger partial charge in [0.2, 0.25) is 0 Å². The molecule has 0 amide bonds. The topological polar surface area (TPSA) is 29.3 Å². The zero-order chi connectivity index (χ0) is 14.3. The molecule has 2 aliphatic rings. The highest BCUT2D eigenvalue weighted by Gasteiger charge is 2.39. The molecule has 2 heterocycles. The molecule has 2 fully saturated rings. The van der Waals surface area contributed by atoms with Gasteiger partial charge >= 0.3 is 0 Å². The molecule has 3 unspecified atom stereocenters. The fraction of sp³-hybridized carbons (Fsp3) is 0.647. The van der Waals surface area contributed by atoms with Crippen molar-refractivity contribution < 1.29 is 4.39 Å². The zero-order valence-electron chi connectivity index (χ0n) is 12.5. The average molecular weight is 276 g/mol. The monoisotopic (exact) mass is 276 g/mol. The number of fused-ring (bicyclic) bond motifs is 2. The molecule has 0 spiro atoms. The molecule has 2 saturated heterocycles. The number of hydrogen-bond donors (Lipinski definition) is 1. The van der Waals surface area contributed by atoms with Crippen molar-refractivity contribution in [1.29, 1.82) is 0 Å². The molecule has 3 atom stereocenters. The Kier molecular flexibility index (Phi) is 3.83. The standard InChI is InChI=1S/C17H25FN2/c1-11-6-7-13(8-17(11)18)12(2)20-15-4-3-5-16(20)10-14(19)9-15/h6-8,12,14-16H,3-5,9-10,19H2,1-2H3. The summed E-state index contributed by atoms with van der Waals surface area (Å²) < 4.78 is 13.8. The van der Waals surface area contributed by atoms with E-state index in [0.29, 0.717) is 18.1 Å². The van der Waals surface area contributed by atoms with Crippen molar-refractivity contribution in [2.45, 2.75) is 70.1 Å². The van der Waals surface area contributed by atoms with E-state index < -0.39 is 0 Å². The third kappa shape index (κ3) is 2.49. The minimum atomic E-state index is -0.0896. The van der Waals surface area contributed by atoms with Crippen LogP contribution in [0, 0.1) is 12.7 Å². The van der Waals surface area contributed by atoms with Crippen LogP contribution in [0.5, 0.6) is 0 Å². The summed E-state index contributed by atoms with van der Waals surface area (Å²) in [5, 5.41) is 0. The maximum absolute atomic E-state index is 13.8. The first kappa shape index (κ1) is 14.0. The van der Waals surface area contributed by atoms with E-state index >= 15 is 0 Å². The van der Waals surface area contributed by atoms with Crippen molar-refractivity contribution in [3.05, 3.63) is 35.1 Å². The van der Waals surface area contributed by atoms with Gasteiger partial charge < -0.3 is 5.73 Å².